The number of benzene rings is 1. The van der Waals surface area contributed by atoms with Crippen LogP contribution >= 0.6 is 0 Å². The zero-order chi connectivity index (χ0) is 15.3. The van der Waals surface area contributed by atoms with E-state index in [4.69, 9.17) is 15.2 Å². The van der Waals surface area contributed by atoms with Crippen molar-refractivity contribution in [1.29, 1.82) is 0 Å². The molecule has 5 nitrogen and oxygen atoms in total. The molecule has 21 heavy (non-hydrogen) atoms. The Bertz CT molecular complexity index is 493. The quantitative estimate of drug-likeness (QED) is 0.807. The van der Waals surface area contributed by atoms with E-state index in [1.165, 1.54) is 0 Å². The lowest BCUT2D eigenvalue weighted by atomic mass is 9.76. The lowest BCUT2D eigenvalue weighted by Gasteiger charge is -2.41. The molecule has 1 fully saturated rings. The first-order valence-corrected chi connectivity index (χ1v) is 7.56. The van der Waals surface area contributed by atoms with Crippen LogP contribution in [0.1, 0.15) is 43.5 Å². The van der Waals surface area contributed by atoms with E-state index in [2.05, 4.69) is 5.32 Å². The Balaban J connectivity index is 2.15. The molecule has 1 saturated carbocycles. The highest BCUT2D eigenvalue weighted by Gasteiger charge is 2.37. The average Bonchev–Trinajstić information content (AvgIpc) is 2.45. The van der Waals surface area contributed by atoms with E-state index >= 15 is 0 Å². The van der Waals surface area contributed by atoms with Gasteiger partial charge in [0, 0.05) is 12.1 Å². The molecule has 3 N–H and O–H groups in total. The van der Waals surface area contributed by atoms with Gasteiger partial charge in [0.15, 0.2) is 11.5 Å². The van der Waals surface area contributed by atoms with Gasteiger partial charge in [0.05, 0.1) is 18.8 Å². The van der Waals surface area contributed by atoms with E-state index in [1.54, 1.807) is 18.2 Å². The van der Waals surface area contributed by atoms with Crippen LogP contribution in [0.4, 0.5) is 0 Å². The number of hydrogen-bond acceptors (Lipinski definition) is 4. The highest BCUT2D eigenvalue weighted by molar-refractivity contribution is 5.95. The fourth-order valence-electron chi connectivity index (χ4n) is 2.49. The summed E-state index contributed by atoms with van der Waals surface area (Å²) in [5, 5.41) is 3.06. The second-order valence-electron chi connectivity index (χ2n) is 5.32. The van der Waals surface area contributed by atoms with Crippen LogP contribution in [0.3, 0.4) is 0 Å². The summed E-state index contributed by atoms with van der Waals surface area (Å²) < 4.78 is 11.0. The Morgan fingerprint density at radius 3 is 2.43 bits per heavy atom. The molecular formula is C16H24N2O3. The van der Waals surface area contributed by atoms with Gasteiger partial charge in [0.1, 0.15) is 0 Å². The number of hydrogen-bond donors (Lipinski definition) is 2. The van der Waals surface area contributed by atoms with E-state index in [0.717, 1.165) is 19.3 Å². The van der Waals surface area contributed by atoms with E-state index in [1.807, 2.05) is 13.8 Å². The number of nitrogens with one attached hydrogen (secondary N) is 1. The van der Waals surface area contributed by atoms with Crippen LogP contribution in [-0.2, 0) is 0 Å². The first kappa shape index (κ1) is 15.6. The first-order valence-electron chi connectivity index (χ1n) is 7.56. The Morgan fingerprint density at radius 2 is 1.90 bits per heavy atom. The Labute approximate surface area is 125 Å². The Hall–Kier alpha value is -1.75. The van der Waals surface area contributed by atoms with Crippen molar-refractivity contribution in [3.8, 4) is 11.5 Å². The van der Waals surface area contributed by atoms with Crippen molar-refractivity contribution in [3.05, 3.63) is 23.8 Å². The van der Waals surface area contributed by atoms with Gasteiger partial charge in [-0.05, 0) is 51.3 Å². The van der Waals surface area contributed by atoms with E-state index in [-0.39, 0.29) is 11.4 Å². The van der Waals surface area contributed by atoms with Crippen molar-refractivity contribution >= 4 is 5.91 Å². The van der Waals surface area contributed by atoms with Crippen molar-refractivity contribution < 1.29 is 14.3 Å². The van der Waals surface area contributed by atoms with E-state index in [9.17, 15) is 4.79 Å². The summed E-state index contributed by atoms with van der Waals surface area (Å²) in [5.74, 6) is 1.15. The predicted molar refractivity (Wildman–Crippen MR) is 81.9 cm³/mol. The highest BCUT2D eigenvalue weighted by Crippen LogP contribution is 2.32. The molecule has 1 aromatic carbocycles. The molecule has 116 valence electrons. The molecule has 1 amide bonds. The number of carbonyl (C=O) groups excluding carboxylic acids is 1. The van der Waals surface area contributed by atoms with Crippen LogP contribution in [0.2, 0.25) is 0 Å². The van der Waals surface area contributed by atoms with Crippen molar-refractivity contribution in [3.63, 3.8) is 0 Å². The molecule has 0 aromatic heterocycles. The van der Waals surface area contributed by atoms with Gasteiger partial charge in [-0.15, -0.1) is 0 Å². The third-order valence-corrected chi connectivity index (χ3v) is 3.89. The number of nitrogens with two attached hydrogens (primary N) is 1. The molecular weight excluding hydrogens is 268 g/mol. The van der Waals surface area contributed by atoms with Gasteiger partial charge in [-0.3, -0.25) is 4.79 Å². The molecule has 0 aliphatic heterocycles. The maximum absolute atomic E-state index is 12.4. The van der Waals surface area contributed by atoms with E-state index < -0.39 is 0 Å². The smallest absolute Gasteiger partial charge is 0.251 e. The van der Waals surface area contributed by atoms with Crippen LogP contribution < -0.4 is 20.5 Å². The average molecular weight is 292 g/mol. The third-order valence-electron chi connectivity index (χ3n) is 3.89. The van der Waals surface area contributed by atoms with Gasteiger partial charge in [0.2, 0.25) is 0 Å². The molecule has 0 unspecified atom stereocenters. The topological polar surface area (TPSA) is 73.6 Å². The number of ether oxygens (including phenoxy) is 2. The third kappa shape index (κ3) is 3.47. The fraction of sp³-hybridized carbons (Fsp3) is 0.562. The van der Waals surface area contributed by atoms with E-state index in [0.29, 0.717) is 36.8 Å². The number of amides is 1. The summed E-state index contributed by atoms with van der Waals surface area (Å²) >= 11 is 0. The Kier molecular flexibility index (Phi) is 5.07. The molecule has 1 aliphatic carbocycles. The summed E-state index contributed by atoms with van der Waals surface area (Å²) in [6.07, 6.45) is 3.01. The second kappa shape index (κ2) is 6.80. The number of rotatable bonds is 7. The highest BCUT2D eigenvalue weighted by atomic mass is 16.5. The van der Waals surface area contributed by atoms with Gasteiger partial charge >= 0.3 is 0 Å². The molecule has 0 bridgehead atoms. The molecule has 0 spiro atoms. The maximum Gasteiger partial charge on any atom is 0.251 e. The predicted octanol–water partition coefficient (Wildman–Crippen LogP) is 2.10. The summed E-state index contributed by atoms with van der Waals surface area (Å²) in [6.45, 7) is 5.38. The van der Waals surface area contributed by atoms with Crippen molar-refractivity contribution in [2.24, 2.45) is 5.73 Å². The minimum atomic E-state index is -0.221. The molecule has 0 atom stereocenters. The van der Waals surface area contributed by atoms with Crippen LogP contribution in [0, 0.1) is 0 Å². The van der Waals surface area contributed by atoms with Gasteiger partial charge in [-0.2, -0.15) is 0 Å². The largest absolute Gasteiger partial charge is 0.490 e. The van der Waals surface area contributed by atoms with Gasteiger partial charge in [-0.1, -0.05) is 0 Å². The Morgan fingerprint density at radius 1 is 1.24 bits per heavy atom. The minimum Gasteiger partial charge on any atom is -0.490 e. The van der Waals surface area contributed by atoms with Crippen molar-refractivity contribution in [1.82, 2.24) is 5.32 Å². The summed E-state index contributed by atoms with van der Waals surface area (Å²) in [4.78, 5) is 12.4. The van der Waals surface area contributed by atoms with Gasteiger partial charge in [-0.25, -0.2) is 0 Å². The summed E-state index contributed by atoms with van der Waals surface area (Å²) in [5.41, 5.74) is 6.13. The van der Waals surface area contributed by atoms with Crippen molar-refractivity contribution in [2.75, 3.05) is 19.8 Å². The first-order chi connectivity index (χ1) is 10.1. The van der Waals surface area contributed by atoms with Crippen LogP contribution in [0.5, 0.6) is 11.5 Å². The van der Waals surface area contributed by atoms with Gasteiger partial charge in [0.25, 0.3) is 5.91 Å². The summed E-state index contributed by atoms with van der Waals surface area (Å²) in [6, 6.07) is 5.26. The van der Waals surface area contributed by atoms with Crippen LogP contribution in [-0.4, -0.2) is 31.2 Å². The lowest BCUT2D eigenvalue weighted by molar-refractivity contribution is 0.0837. The zero-order valence-corrected chi connectivity index (χ0v) is 12.8. The molecule has 0 saturated heterocycles. The van der Waals surface area contributed by atoms with Crippen LogP contribution in [0.15, 0.2) is 18.2 Å². The monoisotopic (exact) mass is 292 g/mol. The SMILES string of the molecule is CCOc1ccc(C(=O)NC2(CN)CCC2)cc1OCC. The fourth-order valence-corrected chi connectivity index (χ4v) is 2.49. The second-order valence-corrected chi connectivity index (χ2v) is 5.32. The standard InChI is InChI=1S/C16H24N2O3/c1-3-20-13-7-6-12(10-14(13)21-4-2)15(19)18-16(11-17)8-5-9-16/h6-7,10H,3-5,8-9,11,17H2,1-2H3,(H,18,19). The number of carbonyl (C=O) groups is 1. The molecule has 0 radical (unpaired) electrons. The molecule has 0 heterocycles. The molecule has 2 rings (SSSR count). The minimum absolute atomic E-state index is 0.107. The van der Waals surface area contributed by atoms with Gasteiger partial charge < -0.3 is 20.5 Å². The maximum atomic E-state index is 12.4. The summed E-state index contributed by atoms with van der Waals surface area (Å²) in [7, 11) is 0. The van der Waals surface area contributed by atoms with Crippen molar-refractivity contribution in [2.45, 2.75) is 38.6 Å². The molecule has 1 aromatic rings. The molecule has 1 aliphatic rings. The normalized spacial score (nSPS) is 16.0. The zero-order valence-electron chi connectivity index (χ0n) is 12.8. The lowest BCUT2D eigenvalue weighted by Crippen LogP contribution is -2.58. The molecule has 5 heteroatoms. The van der Waals surface area contributed by atoms with Crippen LogP contribution in [0.25, 0.3) is 0 Å².